The predicted octanol–water partition coefficient (Wildman–Crippen LogP) is 3.56. The number of hydrogen-bond acceptors (Lipinski definition) is 2. The van der Waals surface area contributed by atoms with Gasteiger partial charge in [0.15, 0.2) is 0 Å². The number of hydrogen-bond donors (Lipinski definition) is 0. The highest BCUT2D eigenvalue weighted by atomic mass is 79.9. The second-order valence-electron chi connectivity index (χ2n) is 4.29. The fourth-order valence-electron chi connectivity index (χ4n) is 2.13. The van der Waals surface area contributed by atoms with Gasteiger partial charge in [0, 0.05) is 5.56 Å². The SMILES string of the molecule is [O-]n1c(-c2ccccc2)c(Br)c(-c2ccccc2)[n+]1[O-]. The first-order chi connectivity index (χ1) is 9.70. The number of rotatable bonds is 2. The highest BCUT2D eigenvalue weighted by molar-refractivity contribution is 9.10. The average Bonchev–Trinajstić information content (AvgIpc) is 2.71. The Bertz CT molecular complexity index is 677. The summed E-state index contributed by atoms with van der Waals surface area (Å²) < 4.78 is 0.500. The van der Waals surface area contributed by atoms with Crippen LogP contribution in [0.2, 0.25) is 0 Å². The maximum absolute atomic E-state index is 12.1. The van der Waals surface area contributed by atoms with Crippen molar-refractivity contribution in [2.24, 2.45) is 0 Å². The van der Waals surface area contributed by atoms with Crippen LogP contribution < -0.4 is 4.85 Å². The lowest BCUT2D eigenvalue weighted by atomic mass is 10.1. The van der Waals surface area contributed by atoms with E-state index in [9.17, 15) is 10.4 Å². The Morgan fingerprint density at radius 1 is 0.850 bits per heavy atom. The minimum Gasteiger partial charge on any atom is -0.758 e. The maximum atomic E-state index is 12.1. The second kappa shape index (κ2) is 5.02. The van der Waals surface area contributed by atoms with Crippen LogP contribution in [-0.2, 0) is 0 Å². The lowest BCUT2D eigenvalue weighted by molar-refractivity contribution is -0.673. The summed E-state index contributed by atoms with van der Waals surface area (Å²) in [4.78, 5) is 0.726. The van der Waals surface area contributed by atoms with Crippen LogP contribution in [0, 0.1) is 10.4 Å². The van der Waals surface area contributed by atoms with E-state index in [1.54, 1.807) is 24.3 Å². The summed E-state index contributed by atoms with van der Waals surface area (Å²) in [6, 6.07) is 18.2. The van der Waals surface area contributed by atoms with Crippen LogP contribution in [-0.4, -0.2) is 4.85 Å². The molecule has 100 valence electrons. The summed E-state index contributed by atoms with van der Waals surface area (Å²) in [7, 11) is 0. The number of halogens is 1. The minimum absolute atomic E-state index is 0.319. The first kappa shape index (κ1) is 12.7. The monoisotopic (exact) mass is 329 g/mol. The molecule has 0 spiro atoms. The normalized spacial score (nSPS) is 10.7. The third-order valence-corrected chi connectivity index (χ3v) is 3.81. The average molecular weight is 330 g/mol. The fourth-order valence-corrected chi connectivity index (χ4v) is 2.89. The molecule has 0 atom stereocenters. The molecule has 0 saturated heterocycles. The summed E-state index contributed by atoms with van der Waals surface area (Å²) in [6.07, 6.45) is 0. The molecule has 0 N–H and O–H groups in total. The molecule has 0 fully saturated rings. The second-order valence-corrected chi connectivity index (χ2v) is 5.08. The van der Waals surface area contributed by atoms with E-state index in [0.717, 1.165) is 0 Å². The van der Waals surface area contributed by atoms with Crippen molar-refractivity contribution in [1.29, 1.82) is 0 Å². The van der Waals surface area contributed by atoms with E-state index in [1.165, 1.54) is 0 Å². The largest absolute Gasteiger partial charge is 0.758 e. The zero-order chi connectivity index (χ0) is 14.1. The van der Waals surface area contributed by atoms with Gasteiger partial charge in [0.2, 0.25) is 0 Å². The van der Waals surface area contributed by atoms with Gasteiger partial charge >= 0.3 is 0 Å². The Hall–Kier alpha value is -2.27. The number of aromatic nitrogens is 2. The smallest absolute Gasteiger partial charge is 0.265 e. The molecule has 0 saturated carbocycles. The third-order valence-electron chi connectivity index (χ3n) is 3.06. The minimum atomic E-state index is 0.319. The fraction of sp³-hybridized carbons (Fsp3) is 0. The van der Waals surface area contributed by atoms with Crippen molar-refractivity contribution in [2.45, 2.75) is 0 Å². The van der Waals surface area contributed by atoms with Gasteiger partial charge < -0.3 is 10.4 Å². The van der Waals surface area contributed by atoms with Crippen LogP contribution >= 0.6 is 15.9 Å². The molecule has 0 amide bonds. The van der Waals surface area contributed by atoms with E-state index >= 15 is 0 Å². The van der Waals surface area contributed by atoms with Gasteiger partial charge in [-0.15, -0.1) is 0 Å². The van der Waals surface area contributed by atoms with Gasteiger partial charge in [-0.1, -0.05) is 53.4 Å². The van der Waals surface area contributed by atoms with Crippen molar-refractivity contribution in [3.8, 4) is 22.5 Å². The highest BCUT2D eigenvalue weighted by Crippen LogP contribution is 2.34. The number of benzene rings is 2. The predicted molar refractivity (Wildman–Crippen MR) is 80.7 cm³/mol. The Balaban J connectivity index is 2.25. The molecule has 1 heterocycles. The van der Waals surface area contributed by atoms with Crippen molar-refractivity contribution in [1.82, 2.24) is 4.85 Å². The first-order valence-corrected chi connectivity index (χ1v) is 6.82. The van der Waals surface area contributed by atoms with Crippen LogP contribution in [0.3, 0.4) is 0 Å². The Morgan fingerprint density at radius 2 is 1.35 bits per heavy atom. The standard InChI is InChI=1S/C15H10BrN2O2/c16-13-14(11-7-3-1-4-8-11)17(19)18(20)15(13)12-9-5-2-6-10-12/h1-10H/q-1. The van der Waals surface area contributed by atoms with E-state index in [1.807, 2.05) is 36.4 Å². The van der Waals surface area contributed by atoms with Crippen LogP contribution in [0.4, 0.5) is 0 Å². The van der Waals surface area contributed by atoms with E-state index in [-0.39, 0.29) is 0 Å². The molecule has 3 aromatic rings. The Morgan fingerprint density at radius 3 is 1.90 bits per heavy atom. The molecular formula is C15H10BrN2O2-. The quantitative estimate of drug-likeness (QED) is 0.533. The van der Waals surface area contributed by atoms with Gasteiger partial charge in [-0.3, -0.25) is 0 Å². The highest BCUT2D eigenvalue weighted by Gasteiger charge is 2.24. The van der Waals surface area contributed by atoms with Crippen molar-refractivity contribution in [3.05, 3.63) is 75.6 Å². The molecule has 0 aliphatic rings. The van der Waals surface area contributed by atoms with E-state index < -0.39 is 0 Å². The Labute approximate surface area is 124 Å². The van der Waals surface area contributed by atoms with Crippen LogP contribution in [0.25, 0.3) is 22.5 Å². The zero-order valence-electron chi connectivity index (χ0n) is 10.4. The Kier molecular flexibility index (Phi) is 3.20. The molecule has 20 heavy (non-hydrogen) atoms. The van der Waals surface area contributed by atoms with Crippen molar-refractivity contribution >= 4 is 15.9 Å². The van der Waals surface area contributed by atoms with Gasteiger partial charge in [-0.2, -0.15) is 4.85 Å². The van der Waals surface area contributed by atoms with Crippen LogP contribution in [0.1, 0.15) is 0 Å². The summed E-state index contributed by atoms with van der Waals surface area (Å²) in [6.45, 7) is 0. The molecular weight excluding hydrogens is 320 g/mol. The molecule has 1 aromatic heterocycles. The summed E-state index contributed by atoms with van der Waals surface area (Å²) in [5.74, 6) is 0. The summed E-state index contributed by atoms with van der Waals surface area (Å²) in [5.41, 5.74) is 2.03. The van der Waals surface area contributed by atoms with Crippen LogP contribution in [0.5, 0.6) is 0 Å². The van der Waals surface area contributed by atoms with Crippen molar-refractivity contribution < 1.29 is 4.85 Å². The molecule has 0 radical (unpaired) electrons. The van der Waals surface area contributed by atoms with Gasteiger partial charge in [0.05, 0.1) is 5.56 Å². The van der Waals surface area contributed by atoms with E-state index in [0.29, 0.717) is 36.7 Å². The zero-order valence-corrected chi connectivity index (χ0v) is 11.9. The maximum Gasteiger partial charge on any atom is 0.265 e. The van der Waals surface area contributed by atoms with Gasteiger partial charge in [-0.25, -0.2) is 0 Å². The van der Waals surface area contributed by atoms with Crippen molar-refractivity contribution in [2.75, 3.05) is 0 Å². The van der Waals surface area contributed by atoms with Crippen LogP contribution in [0.15, 0.2) is 65.1 Å². The van der Waals surface area contributed by atoms with Gasteiger partial charge in [-0.05, 0) is 28.1 Å². The van der Waals surface area contributed by atoms with E-state index in [2.05, 4.69) is 15.9 Å². The third kappa shape index (κ3) is 1.96. The molecule has 0 aliphatic carbocycles. The van der Waals surface area contributed by atoms with Gasteiger partial charge in [0.1, 0.15) is 10.2 Å². The molecule has 0 aliphatic heterocycles. The lowest BCUT2D eigenvalue weighted by Crippen LogP contribution is -2.36. The van der Waals surface area contributed by atoms with Gasteiger partial charge in [0.25, 0.3) is 5.69 Å². The number of nitrogens with zero attached hydrogens (tertiary/aromatic N) is 2. The van der Waals surface area contributed by atoms with E-state index in [4.69, 9.17) is 0 Å². The molecule has 0 bridgehead atoms. The molecule has 5 heteroatoms. The topological polar surface area (TPSA) is 54.9 Å². The molecule has 4 nitrogen and oxygen atoms in total. The summed E-state index contributed by atoms with van der Waals surface area (Å²) in [5, 5.41) is 24.2. The molecule has 2 aromatic carbocycles. The first-order valence-electron chi connectivity index (χ1n) is 6.02. The lowest BCUT2D eigenvalue weighted by Gasteiger charge is -2.10. The summed E-state index contributed by atoms with van der Waals surface area (Å²) >= 11 is 3.38. The van der Waals surface area contributed by atoms with Crippen molar-refractivity contribution in [3.63, 3.8) is 0 Å². The molecule has 0 unspecified atom stereocenters. The molecule has 3 rings (SSSR count).